The van der Waals surface area contributed by atoms with Gasteiger partial charge in [-0.3, -0.25) is 9.59 Å². The summed E-state index contributed by atoms with van der Waals surface area (Å²) in [6, 6.07) is 4.58. The number of hydrogen-bond donors (Lipinski definition) is 3. The van der Waals surface area contributed by atoms with Crippen LogP contribution in [0.25, 0.3) is 0 Å². The van der Waals surface area contributed by atoms with Crippen LogP contribution in [0, 0.1) is 5.92 Å². The first-order valence-corrected chi connectivity index (χ1v) is 11.8. The summed E-state index contributed by atoms with van der Waals surface area (Å²) < 4.78 is 5.36. The van der Waals surface area contributed by atoms with Crippen molar-refractivity contribution in [3.8, 4) is 5.75 Å². The van der Waals surface area contributed by atoms with Crippen molar-refractivity contribution < 1.29 is 24.2 Å². The van der Waals surface area contributed by atoms with Gasteiger partial charge in [-0.05, 0) is 46.1 Å². The Morgan fingerprint density at radius 1 is 1.12 bits per heavy atom. The Balaban J connectivity index is 3.34. The predicted molar refractivity (Wildman–Crippen MR) is 129 cm³/mol. The highest BCUT2D eigenvalue weighted by atomic mass is 16.6. The average molecular weight is 464 g/mol. The third kappa shape index (κ3) is 8.59. The number of benzene rings is 1. The molecule has 0 bridgehead atoms. The first-order valence-electron chi connectivity index (χ1n) is 11.8. The Morgan fingerprint density at radius 3 is 2.27 bits per heavy atom. The van der Waals surface area contributed by atoms with E-state index in [0.29, 0.717) is 18.5 Å². The molecule has 186 valence electrons. The van der Waals surface area contributed by atoms with Crippen LogP contribution in [0.1, 0.15) is 79.3 Å². The van der Waals surface area contributed by atoms with E-state index in [1.54, 1.807) is 45.9 Å². The molecule has 0 aliphatic heterocycles. The fourth-order valence-corrected chi connectivity index (χ4v) is 3.42. The van der Waals surface area contributed by atoms with Gasteiger partial charge in [-0.1, -0.05) is 51.8 Å². The van der Waals surface area contributed by atoms with Gasteiger partial charge in [0, 0.05) is 18.7 Å². The number of likely N-dealkylation sites (N-methyl/N-ethyl adjacent to an activating group) is 1. The molecule has 3 unspecified atom stereocenters. The molecule has 0 heterocycles. The fourth-order valence-electron chi connectivity index (χ4n) is 3.42. The minimum Gasteiger partial charge on any atom is -0.508 e. The summed E-state index contributed by atoms with van der Waals surface area (Å²) >= 11 is 0. The van der Waals surface area contributed by atoms with Gasteiger partial charge in [0.05, 0.1) is 0 Å². The summed E-state index contributed by atoms with van der Waals surface area (Å²) in [5.74, 6) is -1.05. The second-order valence-corrected chi connectivity index (χ2v) is 9.24. The summed E-state index contributed by atoms with van der Waals surface area (Å²) in [7, 11) is 0. The van der Waals surface area contributed by atoms with Crippen LogP contribution in [0.4, 0.5) is 4.79 Å². The van der Waals surface area contributed by atoms with Crippen molar-refractivity contribution in [1.82, 2.24) is 15.5 Å². The highest BCUT2D eigenvalue weighted by Crippen LogP contribution is 2.30. The highest BCUT2D eigenvalue weighted by Gasteiger charge is 2.38. The zero-order valence-corrected chi connectivity index (χ0v) is 21.1. The van der Waals surface area contributed by atoms with Crippen molar-refractivity contribution in [3.63, 3.8) is 0 Å². The number of para-hydroxylation sites is 1. The van der Waals surface area contributed by atoms with Crippen LogP contribution in [0.5, 0.6) is 5.75 Å². The first-order chi connectivity index (χ1) is 15.5. The fraction of sp³-hybridized carbons (Fsp3) is 0.640. The van der Waals surface area contributed by atoms with Crippen molar-refractivity contribution >= 4 is 17.9 Å². The van der Waals surface area contributed by atoms with Gasteiger partial charge in [0.2, 0.25) is 11.8 Å². The van der Waals surface area contributed by atoms with E-state index in [1.165, 1.54) is 11.0 Å². The highest BCUT2D eigenvalue weighted by molar-refractivity contribution is 5.92. The van der Waals surface area contributed by atoms with E-state index in [1.807, 2.05) is 20.8 Å². The lowest BCUT2D eigenvalue weighted by Crippen LogP contribution is -2.55. The summed E-state index contributed by atoms with van der Waals surface area (Å²) in [5.41, 5.74) is -0.378. The van der Waals surface area contributed by atoms with E-state index >= 15 is 0 Å². The van der Waals surface area contributed by atoms with E-state index in [9.17, 15) is 19.5 Å². The maximum absolute atomic E-state index is 13.7. The quantitative estimate of drug-likeness (QED) is 0.428. The smallest absolute Gasteiger partial charge is 0.408 e. The molecule has 1 rings (SSSR count). The van der Waals surface area contributed by atoms with Crippen LogP contribution < -0.4 is 10.6 Å². The largest absolute Gasteiger partial charge is 0.508 e. The van der Waals surface area contributed by atoms with Crippen LogP contribution in [-0.4, -0.2) is 52.6 Å². The number of hydrogen-bond acceptors (Lipinski definition) is 5. The second-order valence-electron chi connectivity index (χ2n) is 9.24. The van der Waals surface area contributed by atoms with Crippen molar-refractivity contribution in [2.45, 2.75) is 85.4 Å². The van der Waals surface area contributed by atoms with E-state index in [2.05, 4.69) is 10.6 Å². The molecule has 3 amide bonds. The monoisotopic (exact) mass is 463 g/mol. The number of aromatic hydroxyl groups is 1. The second kappa shape index (κ2) is 13.1. The van der Waals surface area contributed by atoms with Crippen LogP contribution in [0.2, 0.25) is 0 Å². The molecule has 1 aromatic rings. The molecule has 0 saturated heterocycles. The topological polar surface area (TPSA) is 108 Å². The number of rotatable bonds is 11. The van der Waals surface area contributed by atoms with E-state index < -0.39 is 29.7 Å². The number of nitrogens with one attached hydrogen (secondary N) is 2. The predicted octanol–water partition coefficient (Wildman–Crippen LogP) is 4.14. The van der Waals surface area contributed by atoms with Crippen LogP contribution in [-0.2, 0) is 14.3 Å². The van der Waals surface area contributed by atoms with Gasteiger partial charge in [0.15, 0.2) is 0 Å². The number of carbonyl (C=O) groups excluding carboxylic acids is 3. The molecule has 0 saturated carbocycles. The average Bonchev–Trinajstić information content (AvgIpc) is 2.74. The van der Waals surface area contributed by atoms with Gasteiger partial charge in [0.25, 0.3) is 0 Å². The molecule has 3 atom stereocenters. The van der Waals surface area contributed by atoms with Crippen LogP contribution in [0.3, 0.4) is 0 Å². The zero-order chi connectivity index (χ0) is 25.2. The Morgan fingerprint density at radius 2 is 1.76 bits per heavy atom. The standard InChI is InChI=1S/C25H41N3O5/c1-8-11-16-26-22(30)21(18-14-12-13-15-19(18)29)28(10-3)23(31)20(17(4)9-2)27-24(32)33-25(5,6)7/h12-15,17,20-21,29H,8-11,16H2,1-7H3,(H,26,30)(H,27,32). The Bertz CT molecular complexity index is 790. The Hall–Kier alpha value is -2.77. The number of nitrogens with zero attached hydrogens (tertiary/aromatic N) is 1. The number of ether oxygens (including phenoxy) is 1. The number of phenols is 1. The van der Waals surface area contributed by atoms with Gasteiger partial charge >= 0.3 is 6.09 Å². The van der Waals surface area contributed by atoms with Crippen molar-refractivity contribution in [2.24, 2.45) is 5.92 Å². The van der Waals surface area contributed by atoms with Crippen molar-refractivity contribution in [3.05, 3.63) is 29.8 Å². The third-order valence-electron chi connectivity index (χ3n) is 5.40. The maximum Gasteiger partial charge on any atom is 0.408 e. The zero-order valence-electron chi connectivity index (χ0n) is 21.1. The third-order valence-corrected chi connectivity index (χ3v) is 5.40. The molecule has 8 heteroatoms. The molecular weight excluding hydrogens is 422 g/mol. The van der Waals surface area contributed by atoms with E-state index in [0.717, 1.165) is 12.8 Å². The lowest BCUT2D eigenvalue weighted by atomic mass is 9.95. The molecule has 0 spiro atoms. The van der Waals surface area contributed by atoms with Gasteiger partial charge in [0.1, 0.15) is 23.4 Å². The van der Waals surface area contributed by atoms with Crippen molar-refractivity contribution in [1.29, 1.82) is 0 Å². The van der Waals surface area contributed by atoms with Gasteiger partial charge in [-0.15, -0.1) is 0 Å². The number of phenolic OH excluding ortho intramolecular Hbond substituents is 1. The Kier molecular flexibility index (Phi) is 11.2. The number of amides is 3. The summed E-state index contributed by atoms with van der Waals surface area (Å²) in [5, 5.41) is 16.1. The maximum atomic E-state index is 13.7. The first kappa shape index (κ1) is 28.3. The molecule has 1 aromatic carbocycles. The van der Waals surface area contributed by atoms with Crippen LogP contribution >= 0.6 is 0 Å². The molecule has 8 nitrogen and oxygen atoms in total. The number of alkyl carbamates (subject to hydrolysis) is 1. The van der Waals surface area contributed by atoms with Gasteiger partial charge < -0.3 is 25.4 Å². The summed E-state index contributed by atoms with van der Waals surface area (Å²) in [6.45, 7) is 13.5. The van der Waals surface area contributed by atoms with Gasteiger partial charge in [-0.2, -0.15) is 0 Å². The number of unbranched alkanes of at least 4 members (excludes halogenated alkanes) is 1. The molecule has 0 aromatic heterocycles. The SMILES string of the molecule is CCCCNC(=O)C(c1ccccc1O)N(CC)C(=O)C(NC(=O)OC(C)(C)C)C(C)CC. The summed E-state index contributed by atoms with van der Waals surface area (Å²) in [4.78, 5) is 40.8. The summed E-state index contributed by atoms with van der Waals surface area (Å²) in [6.07, 6.45) is 1.65. The van der Waals surface area contributed by atoms with E-state index in [-0.39, 0.29) is 24.1 Å². The molecule has 33 heavy (non-hydrogen) atoms. The molecule has 0 aliphatic carbocycles. The lowest BCUT2D eigenvalue weighted by Gasteiger charge is -2.35. The molecule has 0 aliphatic rings. The number of carbonyl (C=O) groups is 3. The van der Waals surface area contributed by atoms with Gasteiger partial charge in [-0.25, -0.2) is 4.79 Å². The van der Waals surface area contributed by atoms with Crippen LogP contribution in [0.15, 0.2) is 24.3 Å². The molecule has 0 radical (unpaired) electrons. The van der Waals surface area contributed by atoms with Crippen molar-refractivity contribution in [2.75, 3.05) is 13.1 Å². The normalized spacial score (nSPS) is 14.0. The lowest BCUT2D eigenvalue weighted by molar-refractivity contribution is -0.143. The molecule has 0 fully saturated rings. The minimum atomic E-state index is -1.03. The van der Waals surface area contributed by atoms with E-state index in [4.69, 9.17) is 4.74 Å². The molecular formula is C25H41N3O5. The minimum absolute atomic E-state index is 0.0698. The Labute approximate surface area is 198 Å². The molecule has 3 N–H and O–H groups in total.